The van der Waals surface area contributed by atoms with E-state index in [-0.39, 0.29) is 12.5 Å². The van der Waals surface area contributed by atoms with Gasteiger partial charge in [-0.3, -0.25) is 9.59 Å². The Balaban J connectivity index is 1.60. The lowest BCUT2D eigenvalue weighted by Crippen LogP contribution is -2.27. The average Bonchev–Trinajstić information content (AvgIpc) is 3.02. The highest BCUT2D eigenvalue weighted by Gasteiger charge is 2.12. The minimum Gasteiger partial charge on any atom is -0.483 e. The number of benzene rings is 2. The van der Waals surface area contributed by atoms with Crippen LogP contribution in [0.4, 0.5) is 0 Å². The van der Waals surface area contributed by atoms with Gasteiger partial charge in [-0.05, 0) is 24.3 Å². The lowest BCUT2D eigenvalue weighted by Gasteiger charge is -2.10. The zero-order chi connectivity index (χ0) is 17.6. The Kier molecular flexibility index (Phi) is 4.94. The van der Waals surface area contributed by atoms with Gasteiger partial charge in [0.05, 0.1) is 16.6 Å². The number of rotatable bonds is 7. The molecule has 7 nitrogen and oxygen atoms in total. The molecule has 0 bridgehead atoms. The molecule has 0 spiro atoms. The molecule has 0 aliphatic rings. The maximum atomic E-state index is 12.3. The van der Waals surface area contributed by atoms with Crippen molar-refractivity contribution in [1.82, 2.24) is 15.3 Å². The summed E-state index contributed by atoms with van der Waals surface area (Å²) in [5.41, 5.74) is 7.29. The number of nitrogens with two attached hydrogens (primary N) is 1. The Morgan fingerprint density at radius 1 is 1.12 bits per heavy atom. The van der Waals surface area contributed by atoms with Crippen molar-refractivity contribution in [3.8, 4) is 5.75 Å². The maximum absolute atomic E-state index is 12.3. The Bertz CT molecular complexity index is 871. The van der Waals surface area contributed by atoms with Gasteiger partial charge in [0.15, 0.2) is 6.61 Å². The first-order chi connectivity index (χ1) is 12.1. The van der Waals surface area contributed by atoms with Crippen molar-refractivity contribution >= 4 is 22.8 Å². The highest BCUT2D eigenvalue weighted by molar-refractivity contribution is 5.97. The third-order valence-corrected chi connectivity index (χ3v) is 3.59. The minimum atomic E-state index is -0.597. The molecule has 0 fully saturated rings. The number of imidazole rings is 1. The van der Waals surface area contributed by atoms with E-state index in [1.807, 2.05) is 24.3 Å². The van der Waals surface area contributed by atoms with E-state index < -0.39 is 5.91 Å². The molecule has 3 aromatic rings. The van der Waals surface area contributed by atoms with Crippen LogP contribution in [0, 0.1) is 0 Å². The van der Waals surface area contributed by atoms with Gasteiger partial charge in [0.1, 0.15) is 11.6 Å². The summed E-state index contributed by atoms with van der Waals surface area (Å²) in [5, 5.41) is 2.82. The van der Waals surface area contributed by atoms with E-state index in [1.54, 1.807) is 24.3 Å². The van der Waals surface area contributed by atoms with Crippen LogP contribution in [0.3, 0.4) is 0 Å². The molecule has 4 N–H and O–H groups in total. The zero-order valence-corrected chi connectivity index (χ0v) is 13.5. The molecule has 25 heavy (non-hydrogen) atoms. The van der Waals surface area contributed by atoms with Gasteiger partial charge in [0, 0.05) is 13.0 Å². The third-order valence-electron chi connectivity index (χ3n) is 3.59. The van der Waals surface area contributed by atoms with Crippen LogP contribution in [0.1, 0.15) is 16.2 Å². The standard InChI is InChI=1S/C18H18N4O3/c19-16(23)11-25-15-8-4-1-5-12(15)18(24)20-10-9-17-21-13-6-2-3-7-14(13)22-17/h1-8H,9-11H2,(H2,19,23)(H,20,24)(H,21,22). The van der Waals surface area contributed by atoms with E-state index in [1.165, 1.54) is 0 Å². The number of H-pyrrole nitrogens is 1. The smallest absolute Gasteiger partial charge is 0.255 e. The van der Waals surface area contributed by atoms with Crippen LogP contribution in [-0.2, 0) is 11.2 Å². The maximum Gasteiger partial charge on any atom is 0.255 e. The summed E-state index contributed by atoms with van der Waals surface area (Å²) < 4.78 is 5.27. The van der Waals surface area contributed by atoms with Crippen LogP contribution in [0.2, 0.25) is 0 Å². The van der Waals surface area contributed by atoms with Gasteiger partial charge in [-0.2, -0.15) is 0 Å². The molecule has 0 atom stereocenters. The van der Waals surface area contributed by atoms with Crippen LogP contribution < -0.4 is 15.8 Å². The SMILES string of the molecule is NC(=O)COc1ccccc1C(=O)NCCc1nc2ccccc2[nH]1. The monoisotopic (exact) mass is 338 g/mol. The first kappa shape index (κ1) is 16.5. The van der Waals surface area contributed by atoms with E-state index in [9.17, 15) is 9.59 Å². The van der Waals surface area contributed by atoms with Crippen LogP contribution in [0.25, 0.3) is 11.0 Å². The average molecular weight is 338 g/mol. The molecule has 0 saturated carbocycles. The quantitative estimate of drug-likeness (QED) is 0.605. The molecule has 0 aliphatic heterocycles. The van der Waals surface area contributed by atoms with Crippen LogP contribution in [0.5, 0.6) is 5.75 Å². The molecule has 0 radical (unpaired) electrons. The van der Waals surface area contributed by atoms with Gasteiger partial charge in [-0.1, -0.05) is 24.3 Å². The first-order valence-electron chi connectivity index (χ1n) is 7.85. The summed E-state index contributed by atoms with van der Waals surface area (Å²) in [4.78, 5) is 30.9. The molecule has 2 amide bonds. The number of hydrogen-bond acceptors (Lipinski definition) is 4. The van der Waals surface area contributed by atoms with Crippen molar-refractivity contribution in [3.63, 3.8) is 0 Å². The molecule has 1 heterocycles. The molecular weight excluding hydrogens is 320 g/mol. The number of carbonyl (C=O) groups is 2. The van der Waals surface area contributed by atoms with Gasteiger partial charge in [0.2, 0.25) is 0 Å². The Morgan fingerprint density at radius 3 is 2.68 bits per heavy atom. The van der Waals surface area contributed by atoms with Gasteiger partial charge in [-0.25, -0.2) is 4.98 Å². The second-order valence-electron chi connectivity index (χ2n) is 5.46. The number of hydrogen-bond donors (Lipinski definition) is 3. The molecule has 0 aliphatic carbocycles. The van der Waals surface area contributed by atoms with E-state index in [0.717, 1.165) is 16.9 Å². The minimum absolute atomic E-state index is 0.275. The Labute approximate surface area is 144 Å². The number of ether oxygens (including phenoxy) is 1. The number of primary amides is 1. The number of fused-ring (bicyclic) bond motifs is 1. The predicted molar refractivity (Wildman–Crippen MR) is 93.3 cm³/mol. The highest BCUT2D eigenvalue weighted by Crippen LogP contribution is 2.17. The molecular formula is C18H18N4O3. The van der Waals surface area contributed by atoms with Crippen LogP contribution >= 0.6 is 0 Å². The summed E-state index contributed by atoms with van der Waals surface area (Å²) in [6.07, 6.45) is 0.574. The van der Waals surface area contributed by atoms with Crippen LogP contribution in [0.15, 0.2) is 48.5 Å². The zero-order valence-electron chi connectivity index (χ0n) is 13.5. The van der Waals surface area contributed by atoms with Gasteiger partial charge in [0.25, 0.3) is 11.8 Å². The largest absolute Gasteiger partial charge is 0.483 e. The van der Waals surface area contributed by atoms with Gasteiger partial charge in [-0.15, -0.1) is 0 Å². The van der Waals surface area contributed by atoms with Crippen molar-refractivity contribution in [2.45, 2.75) is 6.42 Å². The number of nitrogens with zero attached hydrogens (tertiary/aromatic N) is 1. The number of aromatic nitrogens is 2. The first-order valence-corrected chi connectivity index (χ1v) is 7.85. The number of amides is 2. The number of nitrogens with one attached hydrogen (secondary N) is 2. The lowest BCUT2D eigenvalue weighted by atomic mass is 10.2. The van der Waals surface area contributed by atoms with E-state index in [0.29, 0.717) is 24.3 Å². The topological polar surface area (TPSA) is 110 Å². The number of carbonyl (C=O) groups excluding carboxylic acids is 2. The van der Waals surface area contributed by atoms with E-state index in [4.69, 9.17) is 10.5 Å². The summed E-state index contributed by atoms with van der Waals surface area (Å²) in [6.45, 7) is 0.145. The summed E-state index contributed by atoms with van der Waals surface area (Å²) in [5.74, 6) is 0.249. The fraction of sp³-hybridized carbons (Fsp3) is 0.167. The summed E-state index contributed by atoms with van der Waals surface area (Å²) >= 11 is 0. The molecule has 1 aromatic heterocycles. The van der Waals surface area contributed by atoms with Crippen molar-refractivity contribution in [1.29, 1.82) is 0 Å². The van der Waals surface area contributed by atoms with E-state index >= 15 is 0 Å². The van der Waals surface area contributed by atoms with Crippen molar-refractivity contribution in [2.75, 3.05) is 13.2 Å². The molecule has 0 saturated heterocycles. The normalized spacial score (nSPS) is 10.6. The molecule has 3 rings (SSSR count). The second-order valence-corrected chi connectivity index (χ2v) is 5.46. The fourth-order valence-corrected chi connectivity index (χ4v) is 2.44. The Morgan fingerprint density at radius 2 is 1.88 bits per heavy atom. The third kappa shape index (κ3) is 4.14. The van der Waals surface area contributed by atoms with Crippen molar-refractivity contribution in [2.24, 2.45) is 5.73 Å². The predicted octanol–water partition coefficient (Wildman–Crippen LogP) is 1.40. The summed E-state index contributed by atoms with van der Waals surface area (Å²) in [7, 11) is 0. The van der Waals surface area contributed by atoms with Crippen molar-refractivity contribution < 1.29 is 14.3 Å². The van der Waals surface area contributed by atoms with E-state index in [2.05, 4.69) is 15.3 Å². The molecule has 2 aromatic carbocycles. The molecule has 0 unspecified atom stereocenters. The lowest BCUT2D eigenvalue weighted by molar-refractivity contribution is -0.119. The van der Waals surface area contributed by atoms with Gasteiger partial charge < -0.3 is 20.8 Å². The summed E-state index contributed by atoms with van der Waals surface area (Å²) in [6, 6.07) is 14.5. The number of para-hydroxylation sites is 3. The molecule has 7 heteroatoms. The Hall–Kier alpha value is -3.35. The van der Waals surface area contributed by atoms with Gasteiger partial charge >= 0.3 is 0 Å². The molecule has 128 valence electrons. The van der Waals surface area contributed by atoms with Crippen LogP contribution in [-0.4, -0.2) is 34.9 Å². The highest BCUT2D eigenvalue weighted by atomic mass is 16.5. The number of aromatic amines is 1. The second kappa shape index (κ2) is 7.48. The van der Waals surface area contributed by atoms with Crippen molar-refractivity contribution in [3.05, 3.63) is 59.9 Å². The fourth-order valence-electron chi connectivity index (χ4n) is 2.44.